The molecule has 0 radical (unpaired) electrons. The Morgan fingerprint density at radius 1 is 1.36 bits per heavy atom. The molecule has 3 nitrogen and oxygen atoms in total. The summed E-state index contributed by atoms with van der Waals surface area (Å²) in [5.41, 5.74) is 5.48. The van der Waals surface area contributed by atoms with Gasteiger partial charge in [0.05, 0.1) is 12.7 Å². The summed E-state index contributed by atoms with van der Waals surface area (Å²) in [6.07, 6.45) is -3.26. The lowest BCUT2D eigenvalue weighted by atomic mass is 9.84. The predicted octanol–water partition coefficient (Wildman–Crippen LogP) is 1.00. The molecule has 0 aliphatic heterocycles. The predicted molar refractivity (Wildman–Crippen MR) is 50.3 cm³/mol. The van der Waals surface area contributed by atoms with E-state index in [4.69, 9.17) is 15.6 Å². The van der Waals surface area contributed by atoms with Gasteiger partial charge in [-0.3, -0.25) is 0 Å². The van der Waals surface area contributed by atoms with Gasteiger partial charge in [0.15, 0.2) is 0 Å². The van der Waals surface area contributed by atoms with Crippen molar-refractivity contribution in [2.45, 2.75) is 39.3 Å². The van der Waals surface area contributed by atoms with Crippen molar-refractivity contribution in [2.75, 3.05) is 13.2 Å². The summed E-state index contributed by atoms with van der Waals surface area (Å²) in [5.74, 6) is 0. The number of alkyl halides is 2. The molecule has 0 saturated heterocycles. The first-order valence-electron chi connectivity index (χ1n) is 4.55. The van der Waals surface area contributed by atoms with Crippen LogP contribution in [0.3, 0.4) is 0 Å². The molecule has 0 aliphatic rings. The van der Waals surface area contributed by atoms with E-state index < -0.39 is 25.2 Å². The Labute approximate surface area is 83.2 Å². The van der Waals surface area contributed by atoms with Crippen LogP contribution in [0.4, 0.5) is 8.78 Å². The largest absolute Gasteiger partial charge is 0.394 e. The maximum absolute atomic E-state index is 11.8. The van der Waals surface area contributed by atoms with Gasteiger partial charge in [-0.25, -0.2) is 8.78 Å². The van der Waals surface area contributed by atoms with Crippen LogP contribution in [-0.4, -0.2) is 36.9 Å². The summed E-state index contributed by atoms with van der Waals surface area (Å²) in [6.45, 7) is 4.57. The Hall–Kier alpha value is -0.260. The van der Waals surface area contributed by atoms with Crippen LogP contribution in [0.15, 0.2) is 0 Å². The fourth-order valence-electron chi connectivity index (χ4n) is 1.02. The molecular formula is C9H19F2NO2. The summed E-state index contributed by atoms with van der Waals surface area (Å²) in [7, 11) is 0. The minimum absolute atomic E-state index is 0.282. The van der Waals surface area contributed by atoms with Crippen molar-refractivity contribution in [3.63, 3.8) is 0 Å². The van der Waals surface area contributed by atoms with E-state index in [1.54, 1.807) is 0 Å². The number of aliphatic hydroxyl groups excluding tert-OH is 1. The highest BCUT2D eigenvalue weighted by Crippen LogP contribution is 2.21. The lowest BCUT2D eigenvalue weighted by Gasteiger charge is -2.32. The molecule has 2 unspecified atom stereocenters. The van der Waals surface area contributed by atoms with Crippen molar-refractivity contribution < 1.29 is 18.6 Å². The lowest BCUT2D eigenvalue weighted by Crippen LogP contribution is -2.48. The van der Waals surface area contributed by atoms with Crippen LogP contribution in [0.25, 0.3) is 0 Å². The third-order valence-electron chi connectivity index (χ3n) is 2.02. The number of rotatable bonds is 5. The Balaban J connectivity index is 4.13. The highest BCUT2D eigenvalue weighted by atomic mass is 19.3. The van der Waals surface area contributed by atoms with Crippen molar-refractivity contribution in [3.8, 4) is 0 Å². The van der Waals surface area contributed by atoms with Gasteiger partial charge in [0, 0.05) is 6.04 Å². The van der Waals surface area contributed by atoms with Gasteiger partial charge < -0.3 is 15.6 Å². The number of ether oxygens (including phenoxy) is 1. The van der Waals surface area contributed by atoms with Crippen LogP contribution in [-0.2, 0) is 4.74 Å². The summed E-state index contributed by atoms with van der Waals surface area (Å²) in [6, 6.07) is -0.466. The average molecular weight is 211 g/mol. The molecule has 3 N–H and O–H groups in total. The van der Waals surface area contributed by atoms with Gasteiger partial charge in [-0.1, -0.05) is 20.8 Å². The molecule has 5 heteroatoms. The van der Waals surface area contributed by atoms with Crippen LogP contribution >= 0.6 is 0 Å². The van der Waals surface area contributed by atoms with E-state index in [0.717, 1.165) is 0 Å². The first kappa shape index (κ1) is 13.7. The van der Waals surface area contributed by atoms with Gasteiger partial charge in [0.2, 0.25) is 0 Å². The lowest BCUT2D eigenvalue weighted by molar-refractivity contribution is -0.0664. The number of halogens is 2. The third kappa shape index (κ3) is 4.83. The van der Waals surface area contributed by atoms with E-state index in [0.29, 0.717) is 0 Å². The fourth-order valence-corrected chi connectivity index (χ4v) is 1.02. The van der Waals surface area contributed by atoms with Crippen LogP contribution in [0.1, 0.15) is 20.8 Å². The highest BCUT2D eigenvalue weighted by Gasteiger charge is 2.29. The molecule has 14 heavy (non-hydrogen) atoms. The van der Waals surface area contributed by atoms with Gasteiger partial charge in [-0.2, -0.15) is 0 Å². The topological polar surface area (TPSA) is 55.5 Å². The smallest absolute Gasteiger partial charge is 0.261 e. The molecular weight excluding hydrogens is 192 g/mol. The zero-order valence-corrected chi connectivity index (χ0v) is 8.84. The van der Waals surface area contributed by atoms with E-state index in [9.17, 15) is 8.78 Å². The molecule has 0 bridgehead atoms. The normalized spacial score (nSPS) is 17.1. The van der Waals surface area contributed by atoms with E-state index in [1.807, 2.05) is 20.8 Å². The van der Waals surface area contributed by atoms with Crippen molar-refractivity contribution >= 4 is 0 Å². The number of hydrogen-bond acceptors (Lipinski definition) is 3. The molecule has 0 aromatic rings. The quantitative estimate of drug-likeness (QED) is 0.713. The summed E-state index contributed by atoms with van der Waals surface area (Å²) >= 11 is 0. The van der Waals surface area contributed by atoms with Crippen molar-refractivity contribution in [3.05, 3.63) is 0 Å². The van der Waals surface area contributed by atoms with Crippen LogP contribution in [0.2, 0.25) is 0 Å². The minimum Gasteiger partial charge on any atom is -0.394 e. The van der Waals surface area contributed by atoms with E-state index in [-0.39, 0.29) is 12.0 Å². The summed E-state index contributed by atoms with van der Waals surface area (Å²) in [5, 5.41) is 8.92. The molecule has 86 valence electrons. The average Bonchev–Trinajstić information content (AvgIpc) is 2.03. The Morgan fingerprint density at radius 2 is 1.86 bits per heavy atom. The van der Waals surface area contributed by atoms with Crippen molar-refractivity contribution in [2.24, 2.45) is 11.1 Å². The highest BCUT2D eigenvalue weighted by molar-refractivity contribution is 4.84. The Bertz CT molecular complexity index is 159. The Kier molecular flexibility index (Phi) is 5.48. The maximum Gasteiger partial charge on any atom is 0.261 e. The fraction of sp³-hybridized carbons (Fsp3) is 1.00. The third-order valence-corrected chi connectivity index (χ3v) is 2.02. The maximum atomic E-state index is 11.8. The molecule has 0 aromatic heterocycles. The molecule has 0 rings (SSSR count). The van der Waals surface area contributed by atoms with E-state index in [1.165, 1.54) is 0 Å². The summed E-state index contributed by atoms with van der Waals surface area (Å²) in [4.78, 5) is 0. The molecule has 0 amide bonds. The first-order chi connectivity index (χ1) is 6.29. The van der Waals surface area contributed by atoms with Crippen molar-refractivity contribution in [1.82, 2.24) is 0 Å². The van der Waals surface area contributed by atoms with Gasteiger partial charge >= 0.3 is 0 Å². The molecule has 0 aromatic carbocycles. The molecule has 0 saturated carbocycles. The van der Waals surface area contributed by atoms with Crippen LogP contribution in [0, 0.1) is 5.41 Å². The van der Waals surface area contributed by atoms with Crippen LogP contribution < -0.4 is 5.73 Å². The van der Waals surface area contributed by atoms with Crippen LogP contribution in [0.5, 0.6) is 0 Å². The van der Waals surface area contributed by atoms with Gasteiger partial charge in [0.25, 0.3) is 6.43 Å². The second-order valence-corrected chi connectivity index (χ2v) is 4.34. The number of hydrogen-bond donors (Lipinski definition) is 2. The van der Waals surface area contributed by atoms with E-state index >= 15 is 0 Å². The Morgan fingerprint density at radius 3 is 2.14 bits per heavy atom. The zero-order valence-electron chi connectivity index (χ0n) is 8.84. The number of nitrogens with two attached hydrogens (primary N) is 1. The molecule has 2 atom stereocenters. The van der Waals surface area contributed by atoms with E-state index in [2.05, 4.69) is 0 Å². The molecule has 0 fully saturated rings. The van der Waals surface area contributed by atoms with Crippen molar-refractivity contribution in [1.29, 1.82) is 0 Å². The first-order valence-corrected chi connectivity index (χ1v) is 4.55. The van der Waals surface area contributed by atoms with Gasteiger partial charge in [0.1, 0.15) is 6.61 Å². The monoisotopic (exact) mass is 211 g/mol. The molecule has 0 heterocycles. The number of aliphatic hydroxyl groups is 1. The molecule has 0 spiro atoms. The second kappa shape index (κ2) is 5.58. The second-order valence-electron chi connectivity index (χ2n) is 4.34. The molecule has 0 aliphatic carbocycles. The van der Waals surface area contributed by atoms with Gasteiger partial charge in [-0.15, -0.1) is 0 Å². The van der Waals surface area contributed by atoms with Gasteiger partial charge in [-0.05, 0) is 5.41 Å². The minimum atomic E-state index is -2.53. The summed E-state index contributed by atoms with van der Waals surface area (Å²) < 4.78 is 28.5. The standard InChI is InChI=1S/C9H19F2NO2/c1-9(2,3)8(12)6(4-13)14-5-7(10)11/h6-8,13H,4-5,12H2,1-3H3. The zero-order chi connectivity index (χ0) is 11.4. The SMILES string of the molecule is CC(C)(C)C(N)C(CO)OCC(F)F.